The van der Waals surface area contributed by atoms with Gasteiger partial charge in [-0.1, -0.05) is 90.9 Å². The summed E-state index contributed by atoms with van der Waals surface area (Å²) < 4.78 is 28.4. The molecule has 3 saturated heterocycles. The fourth-order valence-corrected chi connectivity index (χ4v) is 6.64. The quantitative estimate of drug-likeness (QED) is 0.0667. The van der Waals surface area contributed by atoms with E-state index in [1.165, 1.54) is 77.0 Å². The fourth-order valence-electron chi connectivity index (χ4n) is 6.64. The number of carbonyl (C=O) groups is 2. The van der Waals surface area contributed by atoms with E-state index < -0.39 is 11.8 Å². The van der Waals surface area contributed by atoms with Crippen LogP contribution in [0.25, 0.3) is 0 Å². The van der Waals surface area contributed by atoms with E-state index in [1.54, 1.807) is 0 Å². The van der Waals surface area contributed by atoms with Gasteiger partial charge in [0.2, 0.25) is 0 Å². The predicted molar refractivity (Wildman–Crippen MR) is 159 cm³/mol. The second-order valence-electron chi connectivity index (χ2n) is 13.1. The molecule has 236 valence electrons. The van der Waals surface area contributed by atoms with Crippen LogP contribution in [-0.4, -0.2) is 61.8 Å². The minimum absolute atomic E-state index is 0.108. The van der Waals surface area contributed by atoms with Gasteiger partial charge in [-0.05, 0) is 51.4 Å². The van der Waals surface area contributed by atoms with Gasteiger partial charge in [-0.3, -0.25) is 9.59 Å². The van der Waals surface area contributed by atoms with Crippen molar-refractivity contribution in [3.05, 3.63) is 0 Å². The Bertz CT molecular complexity index is 710. The molecule has 0 amide bonds. The Balaban J connectivity index is 0.989. The monoisotopic (exact) mass is 578 g/mol. The molecule has 41 heavy (non-hydrogen) atoms. The number of carbonyl (C=O) groups excluding carboxylic acids is 2. The van der Waals surface area contributed by atoms with Crippen LogP contribution < -0.4 is 0 Å². The Kier molecular flexibility index (Phi) is 14.2. The van der Waals surface area contributed by atoms with Crippen molar-refractivity contribution >= 4 is 11.9 Å². The van der Waals surface area contributed by atoms with Gasteiger partial charge in [0.1, 0.15) is 0 Å². The number of unbranched alkanes of at least 4 members (excludes halogenated alkanes) is 10. The second-order valence-corrected chi connectivity index (χ2v) is 13.1. The van der Waals surface area contributed by atoms with Crippen LogP contribution in [0, 0.1) is 11.8 Å². The lowest BCUT2D eigenvalue weighted by Gasteiger charge is -2.26. The average molecular weight is 579 g/mol. The number of esters is 2. The van der Waals surface area contributed by atoms with Crippen molar-refractivity contribution in [2.45, 2.75) is 179 Å². The maximum absolute atomic E-state index is 12.9. The molecule has 0 aromatic carbocycles. The van der Waals surface area contributed by atoms with Crippen molar-refractivity contribution in [2.75, 3.05) is 13.2 Å². The number of hydrogen-bond donors (Lipinski definition) is 0. The van der Waals surface area contributed by atoms with E-state index >= 15 is 0 Å². The van der Waals surface area contributed by atoms with Gasteiger partial charge in [0.25, 0.3) is 0 Å². The summed E-state index contributed by atoms with van der Waals surface area (Å²) in [5.41, 5.74) is 0. The van der Waals surface area contributed by atoms with Gasteiger partial charge in [0.05, 0.1) is 61.7 Å². The molecule has 7 heteroatoms. The zero-order chi connectivity index (χ0) is 28.9. The summed E-state index contributed by atoms with van der Waals surface area (Å²) in [6.07, 6.45) is 24.3. The van der Waals surface area contributed by atoms with Gasteiger partial charge in [-0.15, -0.1) is 0 Å². The SMILES string of the molecule is CCCCC1OC1CCCCCCCOC(=O)C1CC2OC2CC1C(=O)OCCCCCCCC1OC1CCCC. The third kappa shape index (κ3) is 11.8. The predicted octanol–water partition coefficient (Wildman–Crippen LogP) is 7.46. The highest BCUT2D eigenvalue weighted by molar-refractivity contribution is 5.82. The summed E-state index contributed by atoms with van der Waals surface area (Å²) in [6.45, 7) is 5.32. The zero-order valence-electron chi connectivity index (χ0n) is 26.0. The van der Waals surface area contributed by atoms with Crippen LogP contribution in [0.1, 0.15) is 142 Å². The maximum atomic E-state index is 12.9. The summed E-state index contributed by atoms with van der Waals surface area (Å²) in [6, 6.07) is 0. The highest BCUT2D eigenvalue weighted by Crippen LogP contribution is 2.44. The van der Waals surface area contributed by atoms with Crippen LogP contribution in [0.5, 0.6) is 0 Å². The van der Waals surface area contributed by atoms with E-state index in [0.717, 1.165) is 38.5 Å². The van der Waals surface area contributed by atoms with E-state index in [1.807, 2.05) is 0 Å². The molecule has 1 aliphatic carbocycles. The molecule has 0 aromatic heterocycles. The molecule has 4 fully saturated rings. The number of rotatable bonds is 24. The Morgan fingerprint density at radius 1 is 0.512 bits per heavy atom. The fraction of sp³-hybridized carbons (Fsp3) is 0.941. The molecule has 8 unspecified atom stereocenters. The minimum atomic E-state index is -0.434. The van der Waals surface area contributed by atoms with Crippen LogP contribution in [0.2, 0.25) is 0 Å². The summed E-state index contributed by atoms with van der Waals surface area (Å²) in [5, 5.41) is 0. The van der Waals surface area contributed by atoms with E-state index in [4.69, 9.17) is 23.7 Å². The van der Waals surface area contributed by atoms with Crippen molar-refractivity contribution in [1.82, 2.24) is 0 Å². The topological polar surface area (TPSA) is 90.2 Å². The van der Waals surface area contributed by atoms with Crippen molar-refractivity contribution in [1.29, 1.82) is 0 Å². The molecule has 0 radical (unpaired) electrons. The molecule has 8 atom stereocenters. The molecule has 0 bridgehead atoms. The maximum Gasteiger partial charge on any atom is 0.309 e. The van der Waals surface area contributed by atoms with Crippen molar-refractivity contribution < 1.29 is 33.3 Å². The molecular formula is C34H58O7. The van der Waals surface area contributed by atoms with E-state index in [2.05, 4.69) is 13.8 Å². The Hall–Kier alpha value is -1.18. The van der Waals surface area contributed by atoms with Crippen molar-refractivity contribution in [3.8, 4) is 0 Å². The number of hydrogen-bond acceptors (Lipinski definition) is 7. The molecule has 0 aromatic rings. The van der Waals surface area contributed by atoms with Gasteiger partial charge in [-0.25, -0.2) is 0 Å². The minimum Gasteiger partial charge on any atom is -0.465 e. The standard InChI is InChI=1S/C34H58O7/c1-3-5-17-27-29(39-27)19-13-9-7-11-15-21-37-33(35)25-23-31-32(41-31)24-26(25)34(36)38-22-16-12-8-10-14-20-30-28(40-30)18-6-4-2/h25-32H,3-24H2,1-2H3. The molecule has 3 aliphatic heterocycles. The summed E-state index contributed by atoms with van der Waals surface area (Å²) in [7, 11) is 0. The summed E-state index contributed by atoms with van der Waals surface area (Å²) in [4.78, 5) is 25.8. The lowest BCUT2D eigenvalue weighted by atomic mass is 9.79. The van der Waals surface area contributed by atoms with Crippen molar-refractivity contribution in [3.63, 3.8) is 0 Å². The van der Waals surface area contributed by atoms with Crippen LogP contribution in [0.15, 0.2) is 0 Å². The molecule has 1 saturated carbocycles. The number of fused-ring (bicyclic) bond motifs is 1. The first-order valence-electron chi connectivity index (χ1n) is 17.4. The Labute approximate surface area is 249 Å². The van der Waals surface area contributed by atoms with Gasteiger partial charge in [0.15, 0.2) is 0 Å². The number of ether oxygens (including phenoxy) is 5. The Morgan fingerprint density at radius 2 is 0.878 bits per heavy atom. The van der Waals surface area contributed by atoms with Gasteiger partial charge >= 0.3 is 11.9 Å². The van der Waals surface area contributed by atoms with E-state index in [9.17, 15) is 9.59 Å². The largest absolute Gasteiger partial charge is 0.465 e. The first-order valence-corrected chi connectivity index (χ1v) is 17.4. The van der Waals surface area contributed by atoms with Crippen molar-refractivity contribution in [2.24, 2.45) is 11.8 Å². The van der Waals surface area contributed by atoms with Crippen LogP contribution in [-0.2, 0) is 33.3 Å². The average Bonchev–Trinajstić information content (AvgIpc) is 3.88. The zero-order valence-corrected chi connectivity index (χ0v) is 26.0. The molecule has 7 nitrogen and oxygen atoms in total. The summed E-state index contributed by atoms with van der Waals surface area (Å²) >= 11 is 0. The van der Waals surface area contributed by atoms with Gasteiger partial charge < -0.3 is 23.7 Å². The second kappa shape index (κ2) is 17.8. The van der Waals surface area contributed by atoms with E-state index in [-0.39, 0.29) is 24.1 Å². The van der Waals surface area contributed by atoms with E-state index in [0.29, 0.717) is 50.5 Å². The molecule has 3 heterocycles. The molecular weight excluding hydrogens is 520 g/mol. The summed E-state index contributed by atoms with van der Waals surface area (Å²) in [5.74, 6) is -1.37. The molecule has 4 rings (SSSR count). The molecule has 0 N–H and O–H groups in total. The third-order valence-electron chi connectivity index (χ3n) is 9.57. The first-order chi connectivity index (χ1) is 20.1. The van der Waals surface area contributed by atoms with Gasteiger partial charge in [-0.2, -0.15) is 0 Å². The normalized spacial score (nSPS) is 31.4. The first kappa shape index (κ1) is 32.7. The lowest BCUT2D eigenvalue weighted by molar-refractivity contribution is -0.162. The van der Waals surface area contributed by atoms with Gasteiger partial charge in [0, 0.05) is 0 Å². The van der Waals surface area contributed by atoms with Crippen LogP contribution >= 0.6 is 0 Å². The van der Waals surface area contributed by atoms with Crippen LogP contribution in [0.4, 0.5) is 0 Å². The highest BCUT2D eigenvalue weighted by atomic mass is 16.6. The third-order valence-corrected chi connectivity index (χ3v) is 9.57. The highest BCUT2D eigenvalue weighted by Gasteiger charge is 2.53. The molecule has 4 aliphatic rings. The molecule has 0 spiro atoms. The number of epoxide rings is 3. The van der Waals surface area contributed by atoms with Crippen LogP contribution in [0.3, 0.4) is 0 Å². The Morgan fingerprint density at radius 3 is 1.29 bits per heavy atom. The lowest BCUT2D eigenvalue weighted by Crippen LogP contribution is -2.37. The smallest absolute Gasteiger partial charge is 0.309 e.